The number of hydrogen-bond acceptors (Lipinski definition) is 4. The highest BCUT2D eigenvalue weighted by molar-refractivity contribution is 5.78. The summed E-state index contributed by atoms with van der Waals surface area (Å²) in [5, 5.41) is 14.3. The zero-order valence-corrected chi connectivity index (χ0v) is 16.7. The number of fused-ring (bicyclic) bond motifs is 1. The Morgan fingerprint density at radius 1 is 1.30 bits per heavy atom. The van der Waals surface area contributed by atoms with E-state index in [1.807, 2.05) is 12.1 Å². The molecule has 5 nitrogen and oxygen atoms in total. The van der Waals surface area contributed by atoms with E-state index in [1.165, 1.54) is 5.56 Å². The molecule has 0 aromatic heterocycles. The highest BCUT2D eigenvalue weighted by atomic mass is 16.5. The minimum Gasteiger partial charge on any atom is -0.497 e. The van der Waals surface area contributed by atoms with Crippen LogP contribution in [0.15, 0.2) is 24.3 Å². The monoisotopic (exact) mass is 374 g/mol. The number of nitrogens with zero attached hydrogens (tertiary/aromatic N) is 1. The van der Waals surface area contributed by atoms with Gasteiger partial charge in [-0.15, -0.1) is 0 Å². The van der Waals surface area contributed by atoms with E-state index in [1.54, 1.807) is 7.11 Å². The molecule has 0 spiro atoms. The van der Waals surface area contributed by atoms with E-state index in [-0.39, 0.29) is 17.9 Å². The molecule has 1 aliphatic carbocycles. The van der Waals surface area contributed by atoms with Crippen molar-refractivity contribution in [3.63, 3.8) is 0 Å². The topological polar surface area (TPSA) is 61.8 Å². The smallest absolute Gasteiger partial charge is 0.234 e. The molecule has 1 heterocycles. The van der Waals surface area contributed by atoms with E-state index in [2.05, 4.69) is 29.3 Å². The number of amides is 1. The average Bonchev–Trinajstić information content (AvgIpc) is 2.68. The van der Waals surface area contributed by atoms with Gasteiger partial charge in [-0.1, -0.05) is 38.3 Å². The normalized spacial score (nSPS) is 28.4. The van der Waals surface area contributed by atoms with Crippen LogP contribution in [0, 0.1) is 5.92 Å². The zero-order valence-electron chi connectivity index (χ0n) is 16.7. The van der Waals surface area contributed by atoms with Gasteiger partial charge in [0.1, 0.15) is 5.75 Å². The van der Waals surface area contributed by atoms with Crippen LogP contribution in [-0.4, -0.2) is 48.3 Å². The molecule has 1 aliphatic heterocycles. The molecule has 0 radical (unpaired) electrons. The maximum absolute atomic E-state index is 12.5. The molecule has 0 unspecified atom stereocenters. The second-order valence-corrected chi connectivity index (χ2v) is 8.10. The first kappa shape index (κ1) is 20.2. The number of aliphatic hydroxyl groups is 1. The van der Waals surface area contributed by atoms with Gasteiger partial charge in [0, 0.05) is 25.0 Å². The van der Waals surface area contributed by atoms with Crippen LogP contribution in [0.25, 0.3) is 0 Å². The Morgan fingerprint density at radius 2 is 2.07 bits per heavy atom. The summed E-state index contributed by atoms with van der Waals surface area (Å²) in [6.45, 7) is 4.02. The van der Waals surface area contributed by atoms with Crippen molar-refractivity contribution in [1.82, 2.24) is 10.2 Å². The number of benzene rings is 1. The maximum Gasteiger partial charge on any atom is 0.234 e. The van der Waals surface area contributed by atoms with Crippen molar-refractivity contribution in [3.05, 3.63) is 29.8 Å². The van der Waals surface area contributed by atoms with E-state index < -0.39 is 5.60 Å². The van der Waals surface area contributed by atoms with Gasteiger partial charge in [-0.25, -0.2) is 0 Å². The second kappa shape index (κ2) is 9.07. The minimum atomic E-state index is -0.599. The average molecular weight is 375 g/mol. The number of methoxy groups -OCH3 is 1. The number of likely N-dealkylation sites (tertiary alicyclic amines) is 1. The Kier molecular flexibility index (Phi) is 6.77. The van der Waals surface area contributed by atoms with Gasteiger partial charge in [-0.05, 0) is 43.4 Å². The van der Waals surface area contributed by atoms with E-state index in [0.29, 0.717) is 6.54 Å². The molecule has 1 saturated heterocycles. The third-order valence-electron chi connectivity index (χ3n) is 6.33. The molecule has 2 fully saturated rings. The van der Waals surface area contributed by atoms with E-state index >= 15 is 0 Å². The fourth-order valence-electron chi connectivity index (χ4n) is 4.81. The van der Waals surface area contributed by atoms with E-state index in [0.717, 1.165) is 63.8 Å². The first-order chi connectivity index (χ1) is 13.1. The van der Waals surface area contributed by atoms with Gasteiger partial charge >= 0.3 is 0 Å². The minimum absolute atomic E-state index is 0.0758. The van der Waals surface area contributed by atoms with Crippen LogP contribution in [0.3, 0.4) is 0 Å². The Bertz CT molecular complexity index is 618. The number of unbranched alkanes of at least 4 members (excludes halogenated alkanes) is 1. The van der Waals surface area contributed by atoms with Crippen molar-refractivity contribution in [2.45, 2.75) is 63.5 Å². The van der Waals surface area contributed by atoms with Gasteiger partial charge in [0.25, 0.3) is 0 Å². The quantitative estimate of drug-likeness (QED) is 0.719. The third-order valence-corrected chi connectivity index (χ3v) is 6.33. The Morgan fingerprint density at radius 3 is 2.78 bits per heavy atom. The zero-order chi connectivity index (χ0) is 19.3. The number of piperidine rings is 1. The van der Waals surface area contributed by atoms with Crippen LogP contribution < -0.4 is 10.1 Å². The highest BCUT2D eigenvalue weighted by Crippen LogP contribution is 2.49. The first-order valence-corrected chi connectivity index (χ1v) is 10.4. The van der Waals surface area contributed by atoms with Crippen molar-refractivity contribution >= 4 is 5.91 Å². The summed E-state index contributed by atoms with van der Waals surface area (Å²) in [4.78, 5) is 14.7. The number of hydrogen-bond donors (Lipinski definition) is 2. The van der Waals surface area contributed by atoms with Crippen LogP contribution in [0.4, 0.5) is 0 Å². The summed E-state index contributed by atoms with van der Waals surface area (Å²) in [6, 6.07) is 8.21. The number of rotatable bonds is 7. The Labute approximate surface area is 163 Å². The van der Waals surface area contributed by atoms with Gasteiger partial charge in [0.15, 0.2) is 0 Å². The van der Waals surface area contributed by atoms with Gasteiger partial charge in [-0.3, -0.25) is 9.69 Å². The lowest BCUT2D eigenvalue weighted by Crippen LogP contribution is -2.56. The number of carbonyl (C=O) groups is 1. The number of nitrogens with one attached hydrogen (secondary N) is 1. The summed E-state index contributed by atoms with van der Waals surface area (Å²) < 4.78 is 5.30. The lowest BCUT2D eigenvalue weighted by Gasteiger charge is -2.52. The third kappa shape index (κ3) is 4.64. The van der Waals surface area contributed by atoms with Crippen molar-refractivity contribution in [3.8, 4) is 5.75 Å². The standard InChI is InChI=1S/C22H34N2O3/c1-3-4-14-23-20(25)16-24-15-13-22(26)12-6-5-7-19(22)21(24)17-8-10-18(27-2)11-9-17/h8-11,19,21,26H,3-7,12-16H2,1-2H3,(H,23,25)/t19-,21-,22+/m0/s1. The lowest BCUT2D eigenvalue weighted by atomic mass is 9.66. The SMILES string of the molecule is CCCCNC(=O)CN1CC[C@]2(O)CCCC[C@H]2[C@@H]1c1ccc(OC)cc1. The molecule has 0 bridgehead atoms. The van der Waals surface area contributed by atoms with Gasteiger partial charge in [-0.2, -0.15) is 0 Å². The van der Waals surface area contributed by atoms with Crippen molar-refractivity contribution in [2.24, 2.45) is 5.92 Å². The number of ether oxygens (including phenoxy) is 1. The molecule has 2 aliphatic rings. The van der Waals surface area contributed by atoms with E-state index in [4.69, 9.17) is 4.74 Å². The molecule has 1 saturated carbocycles. The van der Waals surface area contributed by atoms with Gasteiger partial charge in [0.2, 0.25) is 5.91 Å². The fourth-order valence-corrected chi connectivity index (χ4v) is 4.81. The predicted molar refractivity (Wildman–Crippen MR) is 107 cm³/mol. The number of carbonyl (C=O) groups excluding carboxylic acids is 1. The van der Waals surface area contributed by atoms with Crippen molar-refractivity contribution < 1.29 is 14.6 Å². The van der Waals surface area contributed by atoms with Crippen LogP contribution >= 0.6 is 0 Å². The molecular weight excluding hydrogens is 340 g/mol. The van der Waals surface area contributed by atoms with Crippen molar-refractivity contribution in [2.75, 3.05) is 26.7 Å². The molecule has 1 aromatic carbocycles. The largest absolute Gasteiger partial charge is 0.497 e. The molecule has 1 aromatic rings. The molecule has 5 heteroatoms. The van der Waals surface area contributed by atoms with Crippen LogP contribution in [0.1, 0.15) is 63.5 Å². The molecule has 27 heavy (non-hydrogen) atoms. The summed E-state index contributed by atoms with van der Waals surface area (Å²) in [6.07, 6.45) is 6.98. The summed E-state index contributed by atoms with van der Waals surface area (Å²) >= 11 is 0. The molecule has 2 N–H and O–H groups in total. The van der Waals surface area contributed by atoms with E-state index in [9.17, 15) is 9.90 Å². The van der Waals surface area contributed by atoms with Crippen LogP contribution in [0.2, 0.25) is 0 Å². The summed E-state index contributed by atoms with van der Waals surface area (Å²) in [7, 11) is 1.67. The summed E-state index contributed by atoms with van der Waals surface area (Å²) in [5.74, 6) is 1.09. The predicted octanol–water partition coefficient (Wildman–Crippen LogP) is 3.28. The Hall–Kier alpha value is -1.59. The second-order valence-electron chi connectivity index (χ2n) is 8.10. The van der Waals surface area contributed by atoms with Crippen molar-refractivity contribution in [1.29, 1.82) is 0 Å². The first-order valence-electron chi connectivity index (χ1n) is 10.4. The Balaban J connectivity index is 1.81. The summed E-state index contributed by atoms with van der Waals surface area (Å²) in [5.41, 5.74) is 0.570. The molecule has 3 rings (SSSR count). The van der Waals surface area contributed by atoms with Gasteiger partial charge in [0.05, 0.1) is 19.3 Å². The van der Waals surface area contributed by atoms with Gasteiger partial charge < -0.3 is 15.2 Å². The highest BCUT2D eigenvalue weighted by Gasteiger charge is 2.49. The fraction of sp³-hybridized carbons (Fsp3) is 0.682. The lowest BCUT2D eigenvalue weighted by molar-refractivity contribution is -0.137. The molecule has 150 valence electrons. The van der Waals surface area contributed by atoms with Crippen LogP contribution in [0.5, 0.6) is 5.75 Å². The molecule has 3 atom stereocenters. The molecule has 1 amide bonds. The molecular formula is C22H34N2O3. The van der Waals surface area contributed by atoms with Crippen LogP contribution in [-0.2, 0) is 4.79 Å². The maximum atomic E-state index is 12.5.